The molecule has 0 aromatic heterocycles. The van der Waals surface area contributed by atoms with Crippen LogP contribution in [0.25, 0.3) is 6.08 Å². The Morgan fingerprint density at radius 1 is 0.970 bits per heavy atom. The van der Waals surface area contributed by atoms with Crippen molar-refractivity contribution in [2.24, 2.45) is 4.99 Å². The first kappa shape index (κ1) is 22.9. The summed E-state index contributed by atoms with van der Waals surface area (Å²) in [6, 6.07) is 24.2. The van der Waals surface area contributed by atoms with Gasteiger partial charge in [-0.3, -0.25) is 9.69 Å². The van der Waals surface area contributed by atoms with Crippen LogP contribution in [0.2, 0.25) is 0 Å². The van der Waals surface area contributed by atoms with Crippen molar-refractivity contribution in [3.63, 3.8) is 0 Å². The fraction of sp³-hybridized carbons (Fsp3) is 0.214. The summed E-state index contributed by atoms with van der Waals surface area (Å²) in [5, 5.41) is 0.732. The standard InChI is InChI=1S/C28H28N2O2S/c1-4-16-30-27(31)26(33-28(30)29-24-12-8-20(2)9-13-24)18-22-10-14-25(15-11-22)32-19-23-7-5-6-21(3)17-23/h5-15,17-18H,4,16,19H2,1-3H3/b26-18+,29-28?. The van der Waals surface area contributed by atoms with Crippen molar-refractivity contribution in [3.8, 4) is 5.75 Å². The van der Waals surface area contributed by atoms with Gasteiger partial charge in [-0.15, -0.1) is 0 Å². The van der Waals surface area contributed by atoms with Gasteiger partial charge in [0.15, 0.2) is 5.17 Å². The molecule has 3 aromatic carbocycles. The van der Waals surface area contributed by atoms with Crippen molar-refractivity contribution in [1.29, 1.82) is 0 Å². The number of benzene rings is 3. The lowest BCUT2D eigenvalue weighted by molar-refractivity contribution is -0.122. The van der Waals surface area contributed by atoms with E-state index in [0.717, 1.165) is 34.2 Å². The first-order chi connectivity index (χ1) is 16.0. The lowest BCUT2D eigenvalue weighted by Gasteiger charge is -2.13. The van der Waals surface area contributed by atoms with E-state index < -0.39 is 0 Å². The summed E-state index contributed by atoms with van der Waals surface area (Å²) < 4.78 is 5.91. The van der Waals surface area contributed by atoms with Gasteiger partial charge in [0.2, 0.25) is 0 Å². The first-order valence-corrected chi connectivity index (χ1v) is 12.0. The number of ether oxygens (including phenoxy) is 1. The van der Waals surface area contributed by atoms with Gasteiger partial charge < -0.3 is 4.74 Å². The predicted octanol–water partition coefficient (Wildman–Crippen LogP) is 6.90. The molecule has 1 fully saturated rings. The molecule has 33 heavy (non-hydrogen) atoms. The van der Waals surface area contributed by atoms with E-state index in [0.29, 0.717) is 18.1 Å². The summed E-state index contributed by atoms with van der Waals surface area (Å²) in [7, 11) is 0. The summed E-state index contributed by atoms with van der Waals surface area (Å²) in [5.74, 6) is 0.811. The van der Waals surface area contributed by atoms with Crippen molar-refractivity contribution in [2.75, 3.05) is 6.54 Å². The predicted molar refractivity (Wildman–Crippen MR) is 138 cm³/mol. The van der Waals surface area contributed by atoms with Crippen molar-refractivity contribution < 1.29 is 9.53 Å². The number of aryl methyl sites for hydroxylation is 2. The number of amides is 1. The Morgan fingerprint density at radius 2 is 1.73 bits per heavy atom. The number of rotatable bonds is 7. The third-order valence-electron chi connectivity index (χ3n) is 5.26. The molecule has 168 valence electrons. The van der Waals surface area contributed by atoms with E-state index in [1.165, 1.54) is 22.9 Å². The summed E-state index contributed by atoms with van der Waals surface area (Å²) >= 11 is 1.43. The molecule has 0 aliphatic carbocycles. The molecule has 1 amide bonds. The second-order valence-corrected chi connectivity index (χ2v) is 9.15. The number of aliphatic imine (C=N–C) groups is 1. The van der Waals surface area contributed by atoms with E-state index in [4.69, 9.17) is 9.73 Å². The van der Waals surface area contributed by atoms with Crippen LogP contribution < -0.4 is 4.74 Å². The van der Waals surface area contributed by atoms with Gasteiger partial charge in [0.1, 0.15) is 12.4 Å². The van der Waals surface area contributed by atoms with Gasteiger partial charge in [-0.25, -0.2) is 4.99 Å². The van der Waals surface area contributed by atoms with Gasteiger partial charge in [0, 0.05) is 6.54 Å². The molecule has 0 unspecified atom stereocenters. The summed E-state index contributed by atoms with van der Waals surface area (Å²) in [6.45, 7) is 7.38. The second kappa shape index (κ2) is 10.5. The number of carbonyl (C=O) groups excluding carboxylic acids is 1. The van der Waals surface area contributed by atoms with Crippen LogP contribution in [0.3, 0.4) is 0 Å². The van der Waals surface area contributed by atoms with E-state index in [-0.39, 0.29) is 5.91 Å². The van der Waals surface area contributed by atoms with Crippen molar-refractivity contribution >= 4 is 34.6 Å². The van der Waals surface area contributed by atoms with Crippen molar-refractivity contribution in [1.82, 2.24) is 4.90 Å². The maximum Gasteiger partial charge on any atom is 0.266 e. The van der Waals surface area contributed by atoms with Gasteiger partial charge in [-0.2, -0.15) is 0 Å². The van der Waals surface area contributed by atoms with Crippen LogP contribution in [0.5, 0.6) is 5.75 Å². The Balaban J connectivity index is 1.48. The molecule has 0 atom stereocenters. The number of nitrogens with zero attached hydrogens (tertiary/aromatic N) is 2. The molecule has 3 aromatic rings. The molecule has 5 heteroatoms. The fourth-order valence-electron chi connectivity index (χ4n) is 3.52. The number of hydrogen-bond donors (Lipinski definition) is 0. The van der Waals surface area contributed by atoms with E-state index in [2.05, 4.69) is 32.0 Å². The van der Waals surface area contributed by atoms with Crippen LogP contribution in [-0.4, -0.2) is 22.5 Å². The van der Waals surface area contributed by atoms with Gasteiger partial charge in [-0.1, -0.05) is 66.6 Å². The van der Waals surface area contributed by atoms with Gasteiger partial charge >= 0.3 is 0 Å². The Labute approximate surface area is 200 Å². The summed E-state index contributed by atoms with van der Waals surface area (Å²) in [6.07, 6.45) is 2.80. The lowest BCUT2D eigenvalue weighted by Crippen LogP contribution is -2.29. The van der Waals surface area contributed by atoms with E-state index in [1.54, 1.807) is 4.90 Å². The van der Waals surface area contributed by atoms with Crippen molar-refractivity contribution in [3.05, 3.63) is 100.0 Å². The average Bonchev–Trinajstić information content (AvgIpc) is 3.09. The van der Waals surface area contributed by atoms with Gasteiger partial charge in [0.25, 0.3) is 5.91 Å². The third kappa shape index (κ3) is 5.93. The maximum atomic E-state index is 13.0. The molecular formula is C28H28N2O2S. The minimum Gasteiger partial charge on any atom is -0.489 e. The minimum absolute atomic E-state index is 0.00693. The van der Waals surface area contributed by atoms with Crippen LogP contribution in [0.1, 0.15) is 35.6 Å². The van der Waals surface area contributed by atoms with E-state index >= 15 is 0 Å². The zero-order chi connectivity index (χ0) is 23.2. The molecule has 1 aliphatic rings. The van der Waals surface area contributed by atoms with Crippen molar-refractivity contribution in [2.45, 2.75) is 33.8 Å². The first-order valence-electron chi connectivity index (χ1n) is 11.2. The Morgan fingerprint density at radius 3 is 2.42 bits per heavy atom. The number of carbonyl (C=O) groups is 1. The minimum atomic E-state index is 0.00693. The highest BCUT2D eigenvalue weighted by atomic mass is 32.2. The molecule has 1 aliphatic heterocycles. The number of thioether (sulfide) groups is 1. The highest BCUT2D eigenvalue weighted by Gasteiger charge is 2.32. The normalized spacial score (nSPS) is 16.1. The van der Waals surface area contributed by atoms with Crippen LogP contribution in [0.4, 0.5) is 5.69 Å². The molecule has 1 heterocycles. The topological polar surface area (TPSA) is 41.9 Å². The highest BCUT2D eigenvalue weighted by molar-refractivity contribution is 8.18. The average molecular weight is 457 g/mol. The summed E-state index contributed by atoms with van der Waals surface area (Å²) in [4.78, 5) is 20.2. The Kier molecular flexibility index (Phi) is 7.30. The van der Waals surface area contributed by atoms with Gasteiger partial charge in [0.05, 0.1) is 10.6 Å². The molecule has 0 saturated carbocycles. The molecule has 4 nitrogen and oxygen atoms in total. The van der Waals surface area contributed by atoms with E-state index in [9.17, 15) is 4.79 Å². The quantitative estimate of drug-likeness (QED) is 0.363. The SMILES string of the molecule is CCCN1C(=O)/C(=C\c2ccc(OCc3cccc(C)c3)cc2)SC1=Nc1ccc(C)cc1. The van der Waals surface area contributed by atoms with Crippen LogP contribution >= 0.6 is 11.8 Å². The highest BCUT2D eigenvalue weighted by Crippen LogP contribution is 2.34. The van der Waals surface area contributed by atoms with Crippen LogP contribution in [0.15, 0.2) is 82.7 Å². The molecule has 0 spiro atoms. The van der Waals surface area contributed by atoms with Gasteiger partial charge in [-0.05, 0) is 73.5 Å². The third-order valence-corrected chi connectivity index (χ3v) is 6.27. The van der Waals surface area contributed by atoms with Crippen LogP contribution in [-0.2, 0) is 11.4 Å². The zero-order valence-electron chi connectivity index (χ0n) is 19.2. The molecule has 1 saturated heterocycles. The lowest BCUT2D eigenvalue weighted by atomic mass is 10.1. The molecule has 0 N–H and O–H groups in total. The number of hydrogen-bond acceptors (Lipinski definition) is 4. The largest absolute Gasteiger partial charge is 0.489 e. The maximum absolute atomic E-state index is 13.0. The number of amidine groups is 1. The molecule has 0 bridgehead atoms. The Hall–Kier alpha value is -3.31. The Bertz CT molecular complexity index is 1180. The zero-order valence-corrected chi connectivity index (χ0v) is 20.1. The van der Waals surface area contributed by atoms with Crippen LogP contribution in [0, 0.1) is 13.8 Å². The van der Waals surface area contributed by atoms with E-state index in [1.807, 2.05) is 67.6 Å². The molecule has 4 rings (SSSR count). The molecular weight excluding hydrogens is 428 g/mol. The molecule has 0 radical (unpaired) electrons. The summed E-state index contributed by atoms with van der Waals surface area (Å²) in [5.41, 5.74) is 5.37. The fourth-order valence-corrected chi connectivity index (χ4v) is 4.55. The second-order valence-electron chi connectivity index (χ2n) is 8.14. The monoisotopic (exact) mass is 456 g/mol. The smallest absolute Gasteiger partial charge is 0.266 e.